The number of piperazine rings is 1. The number of hydrogen-bond acceptors (Lipinski definition) is 5. The highest BCUT2D eigenvalue weighted by Crippen LogP contribution is 2.25. The molecule has 0 spiro atoms. The maximum absolute atomic E-state index is 12.4. The van der Waals surface area contributed by atoms with Gasteiger partial charge in [-0.15, -0.1) is 0 Å². The number of urea groups is 1. The summed E-state index contributed by atoms with van der Waals surface area (Å²) in [6.07, 6.45) is 4.66. The van der Waals surface area contributed by atoms with Gasteiger partial charge in [0.25, 0.3) is 0 Å². The van der Waals surface area contributed by atoms with Crippen LogP contribution in [0.5, 0.6) is 11.5 Å². The summed E-state index contributed by atoms with van der Waals surface area (Å²) in [6.45, 7) is 3.71. The number of anilines is 1. The molecule has 0 radical (unpaired) electrons. The molecule has 30 heavy (non-hydrogen) atoms. The third-order valence-corrected chi connectivity index (χ3v) is 5.03. The zero-order chi connectivity index (χ0) is 20.8. The van der Waals surface area contributed by atoms with E-state index in [9.17, 15) is 4.79 Å². The highest BCUT2D eigenvalue weighted by atomic mass is 35.5. The minimum atomic E-state index is -0.146. The molecule has 2 aromatic carbocycles. The van der Waals surface area contributed by atoms with Gasteiger partial charge in [-0.3, -0.25) is 15.2 Å². The summed E-state index contributed by atoms with van der Waals surface area (Å²) in [5, 5.41) is 3.42. The summed E-state index contributed by atoms with van der Waals surface area (Å²) < 4.78 is 5.92. The Labute approximate surface area is 180 Å². The second-order valence-electron chi connectivity index (χ2n) is 6.99. The van der Waals surface area contributed by atoms with Gasteiger partial charge in [0.1, 0.15) is 11.5 Å². The first-order valence-electron chi connectivity index (χ1n) is 9.72. The molecular formula is C22H22ClN5O2. The number of halogens is 1. The molecule has 0 saturated carbocycles. The van der Waals surface area contributed by atoms with Crippen LogP contribution in [0.3, 0.4) is 0 Å². The van der Waals surface area contributed by atoms with E-state index in [4.69, 9.17) is 16.3 Å². The highest BCUT2D eigenvalue weighted by molar-refractivity contribution is 6.30. The quantitative estimate of drug-likeness (QED) is 0.663. The Balaban J connectivity index is 1.29. The summed E-state index contributed by atoms with van der Waals surface area (Å²) in [4.78, 5) is 24.5. The fourth-order valence-corrected chi connectivity index (χ4v) is 3.47. The number of hydrogen-bond donors (Lipinski definition) is 1. The van der Waals surface area contributed by atoms with E-state index in [1.165, 1.54) is 6.20 Å². The van der Waals surface area contributed by atoms with Gasteiger partial charge in [-0.25, -0.2) is 9.78 Å². The number of carbonyl (C=O) groups excluding carboxylic acids is 1. The van der Waals surface area contributed by atoms with Gasteiger partial charge >= 0.3 is 6.03 Å². The second kappa shape index (κ2) is 9.56. The highest BCUT2D eigenvalue weighted by Gasteiger charge is 2.21. The Morgan fingerprint density at radius 3 is 2.53 bits per heavy atom. The summed E-state index contributed by atoms with van der Waals surface area (Å²) in [5.74, 6) is 1.94. The van der Waals surface area contributed by atoms with E-state index in [0.717, 1.165) is 30.9 Å². The fraction of sp³-hybridized carbons (Fsp3) is 0.227. The summed E-state index contributed by atoms with van der Waals surface area (Å²) in [7, 11) is 0. The van der Waals surface area contributed by atoms with E-state index in [1.807, 2.05) is 36.4 Å². The Morgan fingerprint density at radius 1 is 1.03 bits per heavy atom. The van der Waals surface area contributed by atoms with Gasteiger partial charge in [0, 0.05) is 50.1 Å². The van der Waals surface area contributed by atoms with Crippen LogP contribution in [0.15, 0.2) is 67.1 Å². The minimum absolute atomic E-state index is 0.146. The monoisotopic (exact) mass is 423 g/mol. The molecule has 0 aliphatic carbocycles. The van der Waals surface area contributed by atoms with E-state index in [2.05, 4.69) is 26.3 Å². The minimum Gasteiger partial charge on any atom is -0.457 e. The van der Waals surface area contributed by atoms with Crippen molar-refractivity contribution in [3.8, 4) is 11.5 Å². The molecule has 2 heterocycles. The molecule has 1 fully saturated rings. The Hall–Kier alpha value is -3.16. The number of nitrogens with zero attached hydrogens (tertiary/aromatic N) is 4. The number of amides is 2. The SMILES string of the molecule is O=C(Nc1cnccn1)N1CCN(Cc2cccc(Oc3cccc(Cl)c3)c2)CC1. The predicted molar refractivity (Wildman–Crippen MR) is 116 cm³/mol. The molecule has 1 saturated heterocycles. The lowest BCUT2D eigenvalue weighted by Gasteiger charge is -2.34. The van der Waals surface area contributed by atoms with Gasteiger partial charge in [0.15, 0.2) is 5.82 Å². The van der Waals surface area contributed by atoms with Crippen molar-refractivity contribution in [3.05, 3.63) is 77.7 Å². The summed E-state index contributed by atoms with van der Waals surface area (Å²) in [5.41, 5.74) is 1.16. The predicted octanol–water partition coefficient (Wildman–Crippen LogP) is 4.27. The van der Waals surface area contributed by atoms with E-state index >= 15 is 0 Å². The van der Waals surface area contributed by atoms with Crippen LogP contribution in [0.2, 0.25) is 5.02 Å². The molecule has 0 unspecified atom stereocenters. The van der Waals surface area contributed by atoms with Crippen LogP contribution in [0, 0.1) is 0 Å². The Kier molecular flexibility index (Phi) is 6.41. The lowest BCUT2D eigenvalue weighted by molar-refractivity contribution is 0.143. The largest absolute Gasteiger partial charge is 0.457 e. The van der Waals surface area contributed by atoms with E-state index < -0.39 is 0 Å². The zero-order valence-electron chi connectivity index (χ0n) is 16.4. The molecule has 2 amide bonds. The van der Waals surface area contributed by atoms with Crippen molar-refractivity contribution in [2.75, 3.05) is 31.5 Å². The molecule has 154 valence electrons. The van der Waals surface area contributed by atoms with Crippen molar-refractivity contribution >= 4 is 23.4 Å². The normalized spacial score (nSPS) is 14.4. The van der Waals surface area contributed by atoms with Crippen molar-refractivity contribution in [2.24, 2.45) is 0 Å². The second-order valence-corrected chi connectivity index (χ2v) is 7.43. The first-order valence-corrected chi connectivity index (χ1v) is 10.1. The average Bonchev–Trinajstić information content (AvgIpc) is 2.75. The number of ether oxygens (including phenoxy) is 1. The third kappa shape index (κ3) is 5.46. The first-order chi connectivity index (χ1) is 14.7. The summed E-state index contributed by atoms with van der Waals surface area (Å²) in [6, 6.07) is 15.2. The van der Waals surface area contributed by atoms with E-state index in [0.29, 0.717) is 29.7 Å². The van der Waals surface area contributed by atoms with Crippen LogP contribution < -0.4 is 10.1 Å². The van der Waals surface area contributed by atoms with E-state index in [1.54, 1.807) is 23.4 Å². The maximum atomic E-state index is 12.4. The molecule has 1 aliphatic rings. The standard InChI is InChI=1S/C22H22ClN5O2/c23-18-4-2-6-20(14-18)30-19-5-1-3-17(13-19)16-27-9-11-28(12-10-27)22(29)26-21-15-24-7-8-25-21/h1-8,13-15H,9-12,16H2,(H,25,26,29). The van der Waals surface area contributed by atoms with Crippen molar-refractivity contribution in [2.45, 2.75) is 6.54 Å². The van der Waals surface area contributed by atoms with Gasteiger partial charge in [-0.1, -0.05) is 29.8 Å². The lowest BCUT2D eigenvalue weighted by atomic mass is 10.2. The number of rotatable bonds is 5. The Morgan fingerprint density at radius 2 is 1.80 bits per heavy atom. The average molecular weight is 424 g/mol. The van der Waals surface area contributed by atoms with Crippen LogP contribution in [0.25, 0.3) is 0 Å². The topological polar surface area (TPSA) is 70.6 Å². The van der Waals surface area contributed by atoms with Crippen molar-refractivity contribution in [1.29, 1.82) is 0 Å². The van der Waals surface area contributed by atoms with Gasteiger partial charge in [-0.05, 0) is 35.9 Å². The van der Waals surface area contributed by atoms with Crippen LogP contribution in [-0.4, -0.2) is 52.0 Å². The van der Waals surface area contributed by atoms with Crippen LogP contribution >= 0.6 is 11.6 Å². The first kappa shape index (κ1) is 20.1. The van der Waals surface area contributed by atoms with Gasteiger partial charge in [0.05, 0.1) is 6.20 Å². The molecule has 1 N–H and O–H groups in total. The van der Waals surface area contributed by atoms with Crippen molar-refractivity contribution in [1.82, 2.24) is 19.8 Å². The molecule has 0 atom stereocenters. The van der Waals surface area contributed by atoms with E-state index in [-0.39, 0.29) is 6.03 Å². The lowest BCUT2D eigenvalue weighted by Crippen LogP contribution is -2.49. The molecule has 8 heteroatoms. The summed E-state index contributed by atoms with van der Waals surface area (Å²) >= 11 is 6.02. The van der Waals surface area contributed by atoms with Crippen molar-refractivity contribution in [3.63, 3.8) is 0 Å². The number of aromatic nitrogens is 2. The molecule has 7 nitrogen and oxygen atoms in total. The third-order valence-electron chi connectivity index (χ3n) is 4.79. The van der Waals surface area contributed by atoms with Gasteiger partial charge in [0.2, 0.25) is 0 Å². The van der Waals surface area contributed by atoms with Gasteiger partial charge in [-0.2, -0.15) is 0 Å². The number of nitrogens with one attached hydrogen (secondary N) is 1. The maximum Gasteiger partial charge on any atom is 0.323 e. The van der Waals surface area contributed by atoms with Crippen molar-refractivity contribution < 1.29 is 9.53 Å². The molecule has 1 aliphatic heterocycles. The fourth-order valence-electron chi connectivity index (χ4n) is 3.29. The van der Waals surface area contributed by atoms with Gasteiger partial charge < -0.3 is 9.64 Å². The van der Waals surface area contributed by atoms with Crippen LogP contribution in [0.4, 0.5) is 10.6 Å². The smallest absolute Gasteiger partial charge is 0.323 e. The molecule has 4 rings (SSSR count). The molecule has 1 aromatic heterocycles. The molecule has 3 aromatic rings. The van der Waals surface area contributed by atoms with Crippen LogP contribution in [0.1, 0.15) is 5.56 Å². The van der Waals surface area contributed by atoms with Crippen LogP contribution in [-0.2, 0) is 6.54 Å². The Bertz CT molecular complexity index is 994. The number of carbonyl (C=O) groups is 1. The zero-order valence-corrected chi connectivity index (χ0v) is 17.1. The molecular weight excluding hydrogens is 402 g/mol. The molecule has 0 bridgehead atoms. The number of benzene rings is 2.